The summed E-state index contributed by atoms with van der Waals surface area (Å²) in [6.45, 7) is 2.17. The quantitative estimate of drug-likeness (QED) is 0.253. The highest BCUT2D eigenvalue weighted by atomic mass is 16.5. The summed E-state index contributed by atoms with van der Waals surface area (Å²) >= 11 is 0. The minimum absolute atomic E-state index is 0.0566. The Hall–Kier alpha value is -1.88. The number of carbonyl (C=O) groups is 2. The van der Waals surface area contributed by atoms with Gasteiger partial charge >= 0.3 is 11.9 Å². The van der Waals surface area contributed by atoms with Crippen LogP contribution in [0.1, 0.15) is 101 Å². The maximum Gasteiger partial charge on any atom is 0.338 e. The van der Waals surface area contributed by atoms with E-state index in [1.54, 1.807) is 24.3 Å². The van der Waals surface area contributed by atoms with Crippen molar-refractivity contribution in [2.75, 3.05) is 13.7 Å². The van der Waals surface area contributed by atoms with E-state index in [1.165, 1.54) is 45.6 Å². The number of hydrogen-bond donors (Lipinski definition) is 1. The van der Waals surface area contributed by atoms with E-state index in [2.05, 4.69) is 11.7 Å². The molecule has 1 aromatic carbocycles. The van der Waals surface area contributed by atoms with Crippen molar-refractivity contribution in [1.82, 2.24) is 0 Å². The number of rotatable bonds is 17. The van der Waals surface area contributed by atoms with E-state index in [9.17, 15) is 14.7 Å². The molecule has 170 valence electrons. The smallest absolute Gasteiger partial charge is 0.338 e. The van der Waals surface area contributed by atoms with Gasteiger partial charge in [0.1, 0.15) is 6.61 Å². The van der Waals surface area contributed by atoms with Crippen LogP contribution in [0.15, 0.2) is 30.3 Å². The lowest BCUT2D eigenvalue weighted by atomic mass is 9.90. The minimum Gasteiger partial charge on any atom is -0.469 e. The van der Waals surface area contributed by atoms with Crippen LogP contribution >= 0.6 is 0 Å². The van der Waals surface area contributed by atoms with E-state index in [-0.39, 0.29) is 19.0 Å². The van der Waals surface area contributed by atoms with Gasteiger partial charge < -0.3 is 14.6 Å². The van der Waals surface area contributed by atoms with Crippen molar-refractivity contribution in [2.24, 2.45) is 0 Å². The molecule has 0 aromatic heterocycles. The molecule has 1 aromatic rings. The van der Waals surface area contributed by atoms with Crippen LogP contribution in [0.2, 0.25) is 0 Å². The van der Waals surface area contributed by atoms with E-state index < -0.39 is 11.6 Å². The first kappa shape index (κ1) is 26.2. The molecular formula is C25H40O5. The van der Waals surface area contributed by atoms with Crippen LogP contribution in [0, 0.1) is 0 Å². The Morgan fingerprint density at radius 3 is 2.03 bits per heavy atom. The lowest BCUT2D eigenvalue weighted by molar-refractivity contribution is -0.141. The van der Waals surface area contributed by atoms with Gasteiger partial charge in [0.25, 0.3) is 0 Å². The van der Waals surface area contributed by atoms with Crippen molar-refractivity contribution in [3.8, 4) is 0 Å². The summed E-state index contributed by atoms with van der Waals surface area (Å²) in [7, 11) is 1.36. The van der Waals surface area contributed by atoms with Crippen LogP contribution in [-0.4, -0.2) is 36.4 Å². The molecule has 0 unspecified atom stereocenters. The monoisotopic (exact) mass is 420 g/mol. The molecule has 5 heteroatoms. The third-order valence-corrected chi connectivity index (χ3v) is 5.48. The number of carbonyl (C=O) groups excluding carboxylic acids is 2. The average molecular weight is 421 g/mol. The maximum absolute atomic E-state index is 12.2. The van der Waals surface area contributed by atoms with Crippen molar-refractivity contribution < 1.29 is 24.2 Å². The summed E-state index contributed by atoms with van der Waals surface area (Å²) in [5.74, 6) is -0.726. The van der Waals surface area contributed by atoms with Gasteiger partial charge in [-0.15, -0.1) is 0 Å². The molecule has 0 aliphatic carbocycles. The zero-order valence-electron chi connectivity index (χ0n) is 18.9. The van der Waals surface area contributed by atoms with Crippen molar-refractivity contribution in [2.45, 2.75) is 96.0 Å². The number of unbranched alkanes of at least 4 members (excludes halogenated alkanes) is 8. The number of methoxy groups -OCH3 is 1. The fraction of sp³-hybridized carbons (Fsp3) is 0.680. The second-order valence-corrected chi connectivity index (χ2v) is 8.17. The van der Waals surface area contributed by atoms with Crippen LogP contribution in [0.25, 0.3) is 0 Å². The van der Waals surface area contributed by atoms with Gasteiger partial charge in [-0.1, -0.05) is 82.9 Å². The molecule has 0 radical (unpaired) electrons. The topological polar surface area (TPSA) is 72.8 Å². The second-order valence-electron chi connectivity index (χ2n) is 8.17. The van der Waals surface area contributed by atoms with Gasteiger partial charge in [-0.05, 0) is 31.4 Å². The Bertz CT molecular complexity index is 586. The molecule has 0 heterocycles. The molecule has 0 saturated carbocycles. The van der Waals surface area contributed by atoms with Gasteiger partial charge in [-0.25, -0.2) is 4.79 Å². The van der Waals surface area contributed by atoms with E-state index in [0.717, 1.165) is 19.3 Å². The summed E-state index contributed by atoms with van der Waals surface area (Å²) in [6, 6.07) is 8.78. The van der Waals surface area contributed by atoms with E-state index in [0.29, 0.717) is 24.8 Å². The first-order chi connectivity index (χ1) is 14.5. The molecule has 5 nitrogen and oxygen atoms in total. The van der Waals surface area contributed by atoms with Crippen LogP contribution in [-0.2, 0) is 14.3 Å². The zero-order valence-corrected chi connectivity index (χ0v) is 18.9. The highest BCUT2D eigenvalue weighted by Crippen LogP contribution is 2.24. The van der Waals surface area contributed by atoms with Crippen LogP contribution in [0.3, 0.4) is 0 Å². The molecule has 30 heavy (non-hydrogen) atoms. The van der Waals surface area contributed by atoms with E-state index in [1.807, 2.05) is 6.07 Å². The normalized spacial score (nSPS) is 12.9. The van der Waals surface area contributed by atoms with Gasteiger partial charge in [-0.3, -0.25) is 4.79 Å². The number of aliphatic hydroxyl groups is 1. The highest BCUT2D eigenvalue weighted by Gasteiger charge is 2.28. The number of benzene rings is 1. The molecule has 0 fully saturated rings. The Balaban J connectivity index is 2.41. The summed E-state index contributed by atoms with van der Waals surface area (Å²) in [5, 5.41) is 11.1. The first-order valence-electron chi connectivity index (χ1n) is 11.5. The summed E-state index contributed by atoms with van der Waals surface area (Å²) in [5.41, 5.74) is -0.642. The lowest BCUT2D eigenvalue weighted by Gasteiger charge is -2.28. The summed E-state index contributed by atoms with van der Waals surface area (Å²) in [6.07, 6.45) is 12.5. The molecule has 1 atom stereocenters. The maximum atomic E-state index is 12.2. The molecule has 0 amide bonds. The third-order valence-electron chi connectivity index (χ3n) is 5.48. The van der Waals surface area contributed by atoms with E-state index in [4.69, 9.17) is 4.74 Å². The Kier molecular flexibility index (Phi) is 13.9. The molecule has 0 saturated heterocycles. The SMILES string of the molecule is CCCCCCCCCCC[C@@](O)(CCCC(=O)OC)COC(=O)c1ccccc1. The van der Waals surface area contributed by atoms with Crippen molar-refractivity contribution in [3.05, 3.63) is 35.9 Å². The molecule has 0 aliphatic heterocycles. The Morgan fingerprint density at radius 1 is 0.867 bits per heavy atom. The van der Waals surface area contributed by atoms with Gasteiger partial charge in [-0.2, -0.15) is 0 Å². The highest BCUT2D eigenvalue weighted by molar-refractivity contribution is 5.89. The Labute approximate surface area is 182 Å². The molecule has 0 aliphatic rings. The van der Waals surface area contributed by atoms with Crippen LogP contribution in [0.5, 0.6) is 0 Å². The van der Waals surface area contributed by atoms with Crippen LogP contribution in [0.4, 0.5) is 0 Å². The second kappa shape index (κ2) is 15.9. The Morgan fingerprint density at radius 2 is 1.43 bits per heavy atom. The molecule has 0 spiro atoms. The third kappa shape index (κ3) is 12.0. The number of esters is 2. The number of ether oxygens (including phenoxy) is 2. The fourth-order valence-corrected chi connectivity index (χ4v) is 3.56. The molecule has 1 N–H and O–H groups in total. The van der Waals surface area contributed by atoms with Gasteiger partial charge in [0.05, 0.1) is 18.3 Å². The predicted octanol–water partition coefficient (Wildman–Crippen LogP) is 5.84. The van der Waals surface area contributed by atoms with Crippen LogP contribution < -0.4 is 0 Å². The van der Waals surface area contributed by atoms with Gasteiger partial charge in [0, 0.05) is 6.42 Å². The first-order valence-corrected chi connectivity index (χ1v) is 11.5. The van der Waals surface area contributed by atoms with Gasteiger partial charge in [0.15, 0.2) is 0 Å². The van der Waals surface area contributed by atoms with Crippen molar-refractivity contribution >= 4 is 11.9 Å². The standard InChI is InChI=1S/C25H40O5/c1-3-4-5-6-7-8-9-10-14-19-25(28,20-15-18-23(26)29-2)21-30-24(27)22-16-12-11-13-17-22/h11-13,16-17,28H,3-10,14-15,18-21H2,1-2H3/t25-/m1/s1. The van der Waals surface area contributed by atoms with Crippen molar-refractivity contribution in [3.63, 3.8) is 0 Å². The molecular weight excluding hydrogens is 380 g/mol. The molecule has 0 bridgehead atoms. The van der Waals surface area contributed by atoms with Gasteiger partial charge in [0.2, 0.25) is 0 Å². The minimum atomic E-state index is -1.11. The van der Waals surface area contributed by atoms with E-state index >= 15 is 0 Å². The lowest BCUT2D eigenvalue weighted by Crippen LogP contribution is -2.36. The fourth-order valence-electron chi connectivity index (χ4n) is 3.56. The largest absolute Gasteiger partial charge is 0.469 e. The average Bonchev–Trinajstić information content (AvgIpc) is 2.77. The summed E-state index contributed by atoms with van der Waals surface area (Å²) < 4.78 is 10.1. The number of hydrogen-bond acceptors (Lipinski definition) is 5. The van der Waals surface area contributed by atoms with Crippen molar-refractivity contribution in [1.29, 1.82) is 0 Å². The summed E-state index contributed by atoms with van der Waals surface area (Å²) in [4.78, 5) is 23.6. The predicted molar refractivity (Wildman–Crippen MR) is 119 cm³/mol. The molecule has 1 rings (SSSR count). The zero-order chi connectivity index (χ0) is 22.1.